The van der Waals surface area contributed by atoms with Crippen LogP contribution in [-0.2, 0) is 17.6 Å². The van der Waals surface area contributed by atoms with E-state index >= 15 is 0 Å². The van der Waals surface area contributed by atoms with Gasteiger partial charge < -0.3 is 5.32 Å². The number of thiazole rings is 1. The molecule has 0 radical (unpaired) electrons. The van der Waals surface area contributed by atoms with Crippen LogP contribution < -0.4 is 5.32 Å². The van der Waals surface area contributed by atoms with Gasteiger partial charge >= 0.3 is 0 Å². The molecule has 1 aromatic rings. The van der Waals surface area contributed by atoms with E-state index in [1.165, 1.54) is 25.7 Å². The lowest BCUT2D eigenvalue weighted by Crippen LogP contribution is -2.32. The molecule has 1 aromatic heterocycles. The van der Waals surface area contributed by atoms with Crippen molar-refractivity contribution in [2.45, 2.75) is 45.4 Å². The molecule has 3 atom stereocenters. The summed E-state index contributed by atoms with van der Waals surface area (Å²) in [5.41, 5.74) is 0.923. The molecule has 2 saturated carbocycles. The molecule has 2 fully saturated rings. The summed E-state index contributed by atoms with van der Waals surface area (Å²) >= 11 is 1.65. The molecule has 19 heavy (non-hydrogen) atoms. The van der Waals surface area contributed by atoms with Crippen LogP contribution in [0.3, 0.4) is 0 Å². The van der Waals surface area contributed by atoms with Gasteiger partial charge in [0.2, 0.25) is 5.91 Å². The first-order chi connectivity index (χ1) is 9.24. The maximum absolute atomic E-state index is 11.9. The molecule has 104 valence electrons. The topological polar surface area (TPSA) is 42.0 Å². The van der Waals surface area contributed by atoms with E-state index < -0.39 is 0 Å². The Morgan fingerprint density at radius 3 is 3.00 bits per heavy atom. The number of hydrogen-bond donors (Lipinski definition) is 1. The second kappa shape index (κ2) is 5.61. The third-order valence-corrected chi connectivity index (χ3v) is 5.73. The quantitative estimate of drug-likeness (QED) is 0.900. The maximum atomic E-state index is 11.9. The van der Waals surface area contributed by atoms with Gasteiger partial charge in [-0.05, 0) is 43.4 Å². The summed E-state index contributed by atoms with van der Waals surface area (Å²) in [5.74, 6) is 2.72. The third-order valence-electron chi connectivity index (χ3n) is 4.69. The monoisotopic (exact) mass is 278 g/mol. The van der Waals surface area contributed by atoms with Crippen LogP contribution in [0.15, 0.2) is 5.38 Å². The smallest absolute Gasteiger partial charge is 0.226 e. The summed E-state index contributed by atoms with van der Waals surface area (Å²) in [6.07, 6.45) is 6.95. The van der Waals surface area contributed by atoms with Crippen LogP contribution in [0.2, 0.25) is 0 Å². The number of carbonyl (C=O) groups excluding carboxylic acids is 1. The fourth-order valence-electron chi connectivity index (χ4n) is 3.69. The van der Waals surface area contributed by atoms with E-state index in [1.807, 2.05) is 5.38 Å². The average Bonchev–Trinajstić information content (AvgIpc) is 3.12. The summed E-state index contributed by atoms with van der Waals surface area (Å²) in [6, 6.07) is 0. The van der Waals surface area contributed by atoms with Gasteiger partial charge in [0.15, 0.2) is 0 Å². The molecule has 1 heterocycles. The Balaban J connectivity index is 1.44. The van der Waals surface area contributed by atoms with Gasteiger partial charge in [-0.1, -0.05) is 13.3 Å². The van der Waals surface area contributed by atoms with Gasteiger partial charge in [-0.2, -0.15) is 0 Å². The van der Waals surface area contributed by atoms with E-state index in [4.69, 9.17) is 0 Å². The molecule has 2 aliphatic rings. The number of hydrogen-bond acceptors (Lipinski definition) is 3. The SMILES string of the molecule is CCc1nc(CC(=O)NCC2CC3CCC2C3)cs1. The standard InChI is InChI=1S/C15H22N2OS/c1-2-15-17-13(9-19-15)7-14(18)16-8-12-6-10-3-4-11(12)5-10/h9-12H,2-8H2,1H3,(H,16,18). The Morgan fingerprint density at radius 2 is 2.37 bits per heavy atom. The zero-order valence-corrected chi connectivity index (χ0v) is 12.3. The van der Waals surface area contributed by atoms with Crippen molar-refractivity contribution in [1.29, 1.82) is 0 Å². The van der Waals surface area contributed by atoms with Crippen LogP contribution in [0, 0.1) is 17.8 Å². The summed E-state index contributed by atoms with van der Waals surface area (Å²) < 4.78 is 0. The number of nitrogens with zero attached hydrogens (tertiary/aromatic N) is 1. The predicted molar refractivity (Wildman–Crippen MR) is 77.1 cm³/mol. The van der Waals surface area contributed by atoms with E-state index in [9.17, 15) is 4.79 Å². The highest BCUT2D eigenvalue weighted by molar-refractivity contribution is 7.09. The molecular weight excluding hydrogens is 256 g/mol. The summed E-state index contributed by atoms with van der Waals surface area (Å²) in [6.45, 7) is 2.97. The Kier molecular flexibility index (Phi) is 3.87. The highest BCUT2D eigenvalue weighted by atomic mass is 32.1. The third kappa shape index (κ3) is 2.99. The molecule has 0 spiro atoms. The minimum absolute atomic E-state index is 0.135. The molecule has 0 aromatic carbocycles. The maximum Gasteiger partial charge on any atom is 0.226 e. The zero-order chi connectivity index (χ0) is 13.2. The fourth-order valence-corrected chi connectivity index (χ4v) is 4.44. The van der Waals surface area contributed by atoms with Crippen molar-refractivity contribution < 1.29 is 4.79 Å². The first kappa shape index (κ1) is 13.1. The van der Waals surface area contributed by atoms with E-state index in [0.29, 0.717) is 6.42 Å². The van der Waals surface area contributed by atoms with Crippen molar-refractivity contribution in [1.82, 2.24) is 10.3 Å². The zero-order valence-electron chi connectivity index (χ0n) is 11.5. The van der Waals surface area contributed by atoms with Gasteiger partial charge in [-0.3, -0.25) is 4.79 Å². The Hall–Kier alpha value is -0.900. The molecule has 3 unspecified atom stereocenters. The van der Waals surface area contributed by atoms with Gasteiger partial charge in [-0.15, -0.1) is 11.3 Å². The molecule has 4 heteroatoms. The summed E-state index contributed by atoms with van der Waals surface area (Å²) in [4.78, 5) is 16.4. The lowest BCUT2D eigenvalue weighted by molar-refractivity contribution is -0.120. The number of amides is 1. The van der Waals surface area contributed by atoms with Gasteiger partial charge in [0, 0.05) is 11.9 Å². The van der Waals surface area contributed by atoms with Gasteiger partial charge in [0.1, 0.15) is 0 Å². The minimum atomic E-state index is 0.135. The second-order valence-corrected chi connectivity index (χ2v) is 6.94. The van der Waals surface area contributed by atoms with E-state index in [-0.39, 0.29) is 5.91 Å². The van der Waals surface area contributed by atoms with Crippen molar-refractivity contribution >= 4 is 17.2 Å². The van der Waals surface area contributed by atoms with Crippen LogP contribution in [0.4, 0.5) is 0 Å². The number of aromatic nitrogens is 1. The molecule has 0 aliphatic heterocycles. The van der Waals surface area contributed by atoms with Crippen LogP contribution in [0.1, 0.15) is 43.3 Å². The Labute approximate surface area is 118 Å². The lowest BCUT2D eigenvalue weighted by atomic mass is 9.89. The van der Waals surface area contributed by atoms with Crippen LogP contribution in [-0.4, -0.2) is 17.4 Å². The van der Waals surface area contributed by atoms with Crippen LogP contribution in [0.25, 0.3) is 0 Å². The minimum Gasteiger partial charge on any atom is -0.355 e. The molecule has 1 amide bonds. The van der Waals surface area contributed by atoms with Crippen molar-refractivity contribution in [2.75, 3.05) is 6.54 Å². The Bertz CT molecular complexity index is 457. The molecule has 3 nitrogen and oxygen atoms in total. The van der Waals surface area contributed by atoms with Crippen LogP contribution in [0.5, 0.6) is 0 Å². The fraction of sp³-hybridized carbons (Fsp3) is 0.733. The van der Waals surface area contributed by atoms with Crippen molar-refractivity contribution in [3.05, 3.63) is 16.1 Å². The predicted octanol–water partition coefficient (Wildman–Crippen LogP) is 2.80. The van der Waals surface area contributed by atoms with Crippen LogP contribution >= 0.6 is 11.3 Å². The molecular formula is C15H22N2OS. The van der Waals surface area contributed by atoms with Crippen molar-refractivity contribution in [3.8, 4) is 0 Å². The Morgan fingerprint density at radius 1 is 1.47 bits per heavy atom. The van der Waals surface area contributed by atoms with E-state index in [0.717, 1.165) is 41.4 Å². The molecule has 2 bridgehead atoms. The molecule has 0 saturated heterocycles. The van der Waals surface area contributed by atoms with Crippen molar-refractivity contribution in [2.24, 2.45) is 17.8 Å². The number of nitrogens with one attached hydrogen (secondary N) is 1. The molecule has 3 rings (SSSR count). The second-order valence-electron chi connectivity index (χ2n) is 6.00. The van der Waals surface area contributed by atoms with Gasteiger partial charge in [0.05, 0.1) is 17.1 Å². The number of carbonyl (C=O) groups is 1. The lowest BCUT2D eigenvalue weighted by Gasteiger charge is -2.21. The molecule has 2 aliphatic carbocycles. The number of fused-ring (bicyclic) bond motifs is 2. The largest absolute Gasteiger partial charge is 0.355 e. The van der Waals surface area contributed by atoms with E-state index in [2.05, 4.69) is 17.2 Å². The highest BCUT2D eigenvalue weighted by Gasteiger charge is 2.39. The van der Waals surface area contributed by atoms with Gasteiger partial charge in [-0.25, -0.2) is 4.98 Å². The first-order valence-electron chi connectivity index (χ1n) is 7.44. The normalized spacial score (nSPS) is 28.8. The molecule has 1 N–H and O–H groups in total. The average molecular weight is 278 g/mol. The summed E-state index contributed by atoms with van der Waals surface area (Å²) in [5, 5.41) is 6.24. The number of aryl methyl sites for hydroxylation is 1. The highest BCUT2D eigenvalue weighted by Crippen LogP contribution is 2.47. The number of rotatable bonds is 5. The van der Waals surface area contributed by atoms with Gasteiger partial charge in [0.25, 0.3) is 0 Å². The van der Waals surface area contributed by atoms with E-state index in [1.54, 1.807) is 11.3 Å². The van der Waals surface area contributed by atoms with Crippen molar-refractivity contribution in [3.63, 3.8) is 0 Å². The first-order valence-corrected chi connectivity index (χ1v) is 8.32. The summed E-state index contributed by atoms with van der Waals surface area (Å²) in [7, 11) is 0.